The first kappa shape index (κ1) is 27.0. The summed E-state index contributed by atoms with van der Waals surface area (Å²) in [5.41, 5.74) is 1.27. The van der Waals surface area contributed by atoms with E-state index in [0.29, 0.717) is 25.3 Å². The monoisotopic (exact) mass is 494 g/mol. The number of carbonyl (C=O) groups is 3. The van der Waals surface area contributed by atoms with Crippen LogP contribution >= 0.6 is 0 Å². The number of amides is 3. The summed E-state index contributed by atoms with van der Waals surface area (Å²) >= 11 is 0. The van der Waals surface area contributed by atoms with Gasteiger partial charge in [-0.25, -0.2) is 4.98 Å². The van der Waals surface area contributed by atoms with Gasteiger partial charge in [-0.3, -0.25) is 14.4 Å². The van der Waals surface area contributed by atoms with Crippen LogP contribution in [0.15, 0.2) is 41.3 Å². The molecule has 9 nitrogen and oxygen atoms in total. The van der Waals surface area contributed by atoms with Gasteiger partial charge in [0.1, 0.15) is 25.3 Å². The average Bonchev–Trinajstić information content (AvgIpc) is 3.56. The normalized spacial score (nSPS) is 16.1. The van der Waals surface area contributed by atoms with Crippen molar-refractivity contribution >= 4 is 17.7 Å². The van der Waals surface area contributed by atoms with Gasteiger partial charge in [0, 0.05) is 18.7 Å². The van der Waals surface area contributed by atoms with Crippen LogP contribution in [0.25, 0.3) is 11.3 Å². The SMILES string of the molecule is CC#CCOCC(=O)NC(C(=O)N1CCC[C@H]1C(=O)NCc1ccc(-c2cnco2)cc1)C(C)(C)C. The van der Waals surface area contributed by atoms with Crippen molar-refractivity contribution < 1.29 is 23.5 Å². The Balaban J connectivity index is 1.59. The predicted molar refractivity (Wildman–Crippen MR) is 134 cm³/mol. The third-order valence-corrected chi connectivity index (χ3v) is 5.98. The van der Waals surface area contributed by atoms with Crippen LogP contribution in [0.3, 0.4) is 0 Å². The number of benzene rings is 1. The Kier molecular flexibility index (Phi) is 9.25. The van der Waals surface area contributed by atoms with Gasteiger partial charge in [-0.2, -0.15) is 0 Å². The number of hydrogen-bond donors (Lipinski definition) is 2. The minimum Gasteiger partial charge on any atom is -0.444 e. The summed E-state index contributed by atoms with van der Waals surface area (Å²) in [6.07, 6.45) is 4.32. The van der Waals surface area contributed by atoms with Gasteiger partial charge in [0.25, 0.3) is 0 Å². The van der Waals surface area contributed by atoms with E-state index in [4.69, 9.17) is 9.15 Å². The van der Waals surface area contributed by atoms with Crippen LogP contribution < -0.4 is 10.6 Å². The lowest BCUT2D eigenvalue weighted by Crippen LogP contribution is -2.58. The summed E-state index contributed by atoms with van der Waals surface area (Å²) in [5, 5.41) is 5.75. The molecule has 192 valence electrons. The molecule has 2 heterocycles. The van der Waals surface area contributed by atoms with E-state index in [-0.39, 0.29) is 25.0 Å². The van der Waals surface area contributed by atoms with Crippen LogP contribution in [0.2, 0.25) is 0 Å². The van der Waals surface area contributed by atoms with E-state index in [1.165, 1.54) is 6.39 Å². The van der Waals surface area contributed by atoms with Gasteiger partial charge >= 0.3 is 0 Å². The number of likely N-dealkylation sites (tertiary alicyclic amines) is 1. The first-order valence-electron chi connectivity index (χ1n) is 12.0. The Labute approximate surface area is 212 Å². The van der Waals surface area contributed by atoms with Crippen LogP contribution in [-0.2, 0) is 25.7 Å². The summed E-state index contributed by atoms with van der Waals surface area (Å²) in [5.74, 6) is 5.23. The van der Waals surface area contributed by atoms with Crippen LogP contribution in [0.5, 0.6) is 0 Å². The fourth-order valence-corrected chi connectivity index (χ4v) is 4.04. The first-order valence-corrected chi connectivity index (χ1v) is 12.0. The number of rotatable bonds is 9. The summed E-state index contributed by atoms with van der Waals surface area (Å²) in [4.78, 5) is 44.5. The minimum absolute atomic E-state index is 0.148. The molecule has 0 bridgehead atoms. The Hall–Kier alpha value is -3.64. The van der Waals surface area contributed by atoms with E-state index < -0.39 is 23.4 Å². The van der Waals surface area contributed by atoms with Crippen molar-refractivity contribution in [2.24, 2.45) is 5.41 Å². The van der Waals surface area contributed by atoms with Crippen LogP contribution in [-0.4, -0.2) is 59.4 Å². The molecular formula is C27H34N4O5. The zero-order chi connectivity index (χ0) is 26.1. The highest BCUT2D eigenvalue weighted by atomic mass is 16.5. The van der Waals surface area contributed by atoms with Crippen molar-refractivity contribution in [3.63, 3.8) is 0 Å². The van der Waals surface area contributed by atoms with E-state index in [2.05, 4.69) is 27.5 Å². The molecule has 2 atom stereocenters. The lowest BCUT2D eigenvalue weighted by Gasteiger charge is -2.35. The average molecular weight is 495 g/mol. The molecule has 2 N–H and O–H groups in total. The fourth-order valence-electron chi connectivity index (χ4n) is 4.04. The number of ether oxygens (including phenoxy) is 1. The molecule has 0 saturated carbocycles. The number of carbonyl (C=O) groups excluding carboxylic acids is 3. The molecule has 9 heteroatoms. The fraction of sp³-hybridized carbons (Fsp3) is 0.481. The number of nitrogens with one attached hydrogen (secondary N) is 2. The Morgan fingerprint density at radius 2 is 2.00 bits per heavy atom. The highest BCUT2D eigenvalue weighted by Crippen LogP contribution is 2.26. The van der Waals surface area contributed by atoms with Crippen molar-refractivity contribution in [2.45, 2.75) is 59.2 Å². The lowest BCUT2D eigenvalue weighted by atomic mass is 9.85. The van der Waals surface area contributed by atoms with Crippen molar-refractivity contribution in [2.75, 3.05) is 19.8 Å². The molecule has 1 unspecified atom stereocenters. The summed E-state index contributed by atoms with van der Waals surface area (Å²) < 4.78 is 10.5. The highest BCUT2D eigenvalue weighted by molar-refractivity contribution is 5.93. The second kappa shape index (κ2) is 12.4. The van der Waals surface area contributed by atoms with Gasteiger partial charge in [0.05, 0.1) is 6.20 Å². The predicted octanol–water partition coefficient (Wildman–Crippen LogP) is 2.52. The Morgan fingerprint density at radius 1 is 1.25 bits per heavy atom. The number of aromatic nitrogens is 1. The largest absolute Gasteiger partial charge is 0.444 e. The standard InChI is InChI=1S/C27H34N4O5/c1-5-6-14-35-17-23(32)30-24(27(2,3)4)26(34)31-13-7-8-21(31)25(33)29-15-19-9-11-20(12-10-19)22-16-28-18-36-22/h9-12,16,18,21,24H,7-8,13-15,17H2,1-4H3,(H,29,33)(H,30,32)/t21-,24?/m0/s1. The number of nitrogens with zero attached hydrogens (tertiary/aromatic N) is 2. The van der Waals surface area contributed by atoms with Crippen LogP contribution in [0.4, 0.5) is 0 Å². The molecule has 0 aliphatic carbocycles. The molecule has 1 aliphatic heterocycles. The molecule has 3 rings (SSSR count). The van der Waals surface area contributed by atoms with Crippen LogP contribution in [0, 0.1) is 17.3 Å². The van der Waals surface area contributed by atoms with E-state index in [0.717, 1.165) is 17.5 Å². The maximum Gasteiger partial charge on any atom is 0.246 e. The zero-order valence-corrected chi connectivity index (χ0v) is 21.3. The lowest BCUT2D eigenvalue weighted by molar-refractivity contribution is -0.144. The van der Waals surface area contributed by atoms with Gasteiger partial charge in [-0.15, -0.1) is 5.92 Å². The van der Waals surface area contributed by atoms with Crippen LogP contribution in [0.1, 0.15) is 46.1 Å². The second-order valence-electron chi connectivity index (χ2n) is 9.76. The topological polar surface area (TPSA) is 114 Å². The number of hydrogen-bond acceptors (Lipinski definition) is 6. The van der Waals surface area contributed by atoms with E-state index in [1.54, 1.807) is 18.0 Å². The highest BCUT2D eigenvalue weighted by Gasteiger charge is 2.41. The van der Waals surface area contributed by atoms with Crippen molar-refractivity contribution in [3.05, 3.63) is 42.4 Å². The van der Waals surface area contributed by atoms with Gasteiger partial charge in [0.2, 0.25) is 17.7 Å². The summed E-state index contributed by atoms with van der Waals surface area (Å²) in [7, 11) is 0. The minimum atomic E-state index is -0.789. The van der Waals surface area contributed by atoms with E-state index in [9.17, 15) is 14.4 Å². The molecule has 1 aliphatic rings. The Morgan fingerprint density at radius 3 is 2.64 bits per heavy atom. The number of oxazole rings is 1. The molecule has 0 radical (unpaired) electrons. The molecule has 1 fully saturated rings. The summed E-state index contributed by atoms with van der Waals surface area (Å²) in [6.45, 7) is 8.10. The zero-order valence-electron chi connectivity index (χ0n) is 21.3. The molecule has 36 heavy (non-hydrogen) atoms. The maximum absolute atomic E-state index is 13.5. The maximum atomic E-state index is 13.5. The molecule has 0 spiro atoms. The van der Waals surface area contributed by atoms with Gasteiger partial charge in [-0.1, -0.05) is 51.0 Å². The molecule has 1 saturated heterocycles. The van der Waals surface area contributed by atoms with Crippen molar-refractivity contribution in [3.8, 4) is 23.2 Å². The molecular weight excluding hydrogens is 460 g/mol. The first-order chi connectivity index (χ1) is 17.2. The second-order valence-corrected chi connectivity index (χ2v) is 9.76. The third kappa shape index (κ3) is 7.18. The summed E-state index contributed by atoms with van der Waals surface area (Å²) in [6, 6.07) is 6.27. The van der Waals surface area contributed by atoms with Crippen molar-refractivity contribution in [1.82, 2.24) is 20.5 Å². The van der Waals surface area contributed by atoms with E-state index in [1.807, 2.05) is 45.0 Å². The molecule has 2 aromatic rings. The molecule has 3 amide bonds. The van der Waals surface area contributed by atoms with E-state index >= 15 is 0 Å². The molecule has 1 aromatic heterocycles. The van der Waals surface area contributed by atoms with Crippen molar-refractivity contribution in [1.29, 1.82) is 0 Å². The van der Waals surface area contributed by atoms with Gasteiger partial charge in [-0.05, 0) is 30.7 Å². The molecule has 1 aromatic carbocycles. The quantitative estimate of drug-likeness (QED) is 0.409. The third-order valence-electron chi connectivity index (χ3n) is 5.98. The Bertz CT molecular complexity index is 1090. The van der Waals surface area contributed by atoms with Gasteiger partial charge in [0.15, 0.2) is 12.2 Å². The van der Waals surface area contributed by atoms with Gasteiger partial charge < -0.3 is 24.7 Å². The smallest absolute Gasteiger partial charge is 0.246 e.